The van der Waals surface area contributed by atoms with Gasteiger partial charge in [-0.15, -0.1) is 0 Å². The molecular weight excluding hydrogens is 1470 g/mol. The summed E-state index contributed by atoms with van der Waals surface area (Å²) in [7, 11) is 2.82. The molecule has 116 heavy (non-hydrogen) atoms. The van der Waals surface area contributed by atoms with Crippen LogP contribution in [0.5, 0.6) is 0 Å². The Bertz CT molecular complexity index is 4620. The summed E-state index contributed by atoms with van der Waals surface area (Å²) in [5.74, 6) is -0.287. The summed E-state index contributed by atoms with van der Waals surface area (Å²) in [4.78, 5) is 113. The number of benzene rings is 3. The summed E-state index contributed by atoms with van der Waals surface area (Å²) >= 11 is 0. The van der Waals surface area contributed by atoms with Crippen LogP contribution in [0.3, 0.4) is 0 Å². The first kappa shape index (κ1) is 84.2. The molecule has 11 fully saturated rings. The Balaban J connectivity index is 0.000000143. The van der Waals surface area contributed by atoms with E-state index in [4.69, 9.17) is 19.6 Å². The van der Waals surface area contributed by atoms with Gasteiger partial charge in [0.1, 0.15) is 31.4 Å². The first-order chi connectivity index (χ1) is 56.4. The predicted octanol–water partition coefficient (Wildman–Crippen LogP) is 17.0. The molecule has 9 unspecified atom stereocenters. The highest BCUT2D eigenvalue weighted by Gasteiger charge is 2.54. The number of carboxylic acid groups (broad SMARTS) is 3. The van der Waals surface area contributed by atoms with Gasteiger partial charge in [-0.3, -0.25) is 38.7 Å². The quantitative estimate of drug-likeness (QED) is 0.0420. The van der Waals surface area contributed by atoms with Crippen molar-refractivity contribution in [1.82, 2.24) is 43.4 Å². The lowest BCUT2D eigenvalue weighted by Gasteiger charge is -2.60. The monoisotopic (exact) mass is 1590 g/mol. The van der Waals surface area contributed by atoms with Crippen molar-refractivity contribution < 1.29 is 44.2 Å². The van der Waals surface area contributed by atoms with Gasteiger partial charge in [0, 0.05) is 79.3 Å². The van der Waals surface area contributed by atoms with Crippen molar-refractivity contribution in [2.24, 2.45) is 38.6 Å². The molecule has 6 aliphatic heterocycles. The molecule has 3 aromatic heterocycles. The number of piperidine rings is 6. The van der Waals surface area contributed by atoms with E-state index >= 15 is 0 Å². The maximum Gasteiger partial charge on any atom is 0.344 e. The summed E-state index contributed by atoms with van der Waals surface area (Å²) in [6.07, 6.45) is 45.2. The van der Waals surface area contributed by atoms with Gasteiger partial charge in [-0.1, -0.05) is 168 Å². The van der Waals surface area contributed by atoms with E-state index in [1.165, 1.54) is 213 Å². The minimum Gasteiger partial charge on any atom is -0.481 e. The summed E-state index contributed by atoms with van der Waals surface area (Å²) in [6, 6.07) is 28.0. The van der Waals surface area contributed by atoms with E-state index in [0.29, 0.717) is 70.9 Å². The Morgan fingerprint density at radius 1 is 0.414 bits per heavy atom. The Kier molecular flexibility index (Phi) is 28.4. The lowest BCUT2D eigenvalue weighted by molar-refractivity contribution is -0.142. The van der Waals surface area contributed by atoms with Crippen LogP contribution in [-0.4, -0.2) is 169 Å². The van der Waals surface area contributed by atoms with Crippen LogP contribution in [0.2, 0.25) is 0 Å². The minimum atomic E-state index is -1.11. The van der Waals surface area contributed by atoms with Crippen molar-refractivity contribution in [3.63, 3.8) is 0 Å². The first-order valence-corrected chi connectivity index (χ1v) is 44.7. The largest absolute Gasteiger partial charge is 0.481 e. The smallest absolute Gasteiger partial charge is 0.344 e. The van der Waals surface area contributed by atoms with Gasteiger partial charge >= 0.3 is 17.9 Å². The van der Waals surface area contributed by atoms with E-state index in [1.54, 1.807) is 6.92 Å². The fraction of sp³-hybridized carbons (Fsp3) is 0.674. The lowest BCUT2D eigenvalue weighted by atomic mass is 9.45. The lowest BCUT2D eigenvalue weighted by Crippen LogP contribution is -2.57. The Morgan fingerprint density at radius 2 is 0.767 bits per heavy atom. The molecule has 6 saturated heterocycles. The van der Waals surface area contributed by atoms with Gasteiger partial charge in [-0.2, -0.15) is 0 Å². The second-order valence-corrected chi connectivity index (χ2v) is 36.2. The Labute approximate surface area is 683 Å². The maximum atomic E-state index is 14.1. The standard InChI is InChI=1S/C31H42N4O4.C31H44N4O4.C30H42N4O4/c1-19(33-39-18-28(36)37)29-30(38)35(27-10-5-4-9-26(27)32-29)24-16-22-7-6-8-23(17-24)34(22)14-13-20-11-12-21-15-25(20)31(21,2)3;1-39-33-27(18-19-29(36)37)30-31(38)35(28-17-10-9-16-26(28)32-30)25-20-23-14-11-15-24(21-25)34(23)22-12-7-5-3-2-4-6-8-13-22;1-38-32-26(17-18-28(35)36)29-30(37)34(27-16-9-8-15-25(27)31-29)24-19-22-13-10-14-23(20-24)33(22)21-11-6-4-2-3-5-7-12-21/h4-5,9-10,20-25H,6-8,11-18H2,1-3H3,(H,36,37);9-10,16-17,22-25H,2-8,11-15,18-21H2,1H3,(H,36,37);8-9,15-16,21-24H,2-7,10-14,17-20H2,1H3,(H,35,36)/b33-19+;33-27+;32-26+. The van der Waals surface area contributed by atoms with Crippen molar-refractivity contribution in [1.29, 1.82) is 0 Å². The average Bonchev–Trinajstić information content (AvgIpc) is 0.734. The van der Waals surface area contributed by atoms with Crippen LogP contribution >= 0.6 is 0 Å². The third-order valence-electron chi connectivity index (χ3n) is 28.9. The molecule has 5 aliphatic carbocycles. The van der Waals surface area contributed by atoms with Crippen LogP contribution in [0, 0.1) is 23.2 Å². The van der Waals surface area contributed by atoms with Crippen LogP contribution in [0.25, 0.3) is 33.1 Å². The summed E-state index contributed by atoms with van der Waals surface area (Å²) in [6.45, 7) is 7.27. The predicted molar refractivity (Wildman–Crippen MR) is 453 cm³/mol. The average molecular weight is 1590 g/mol. The SMILES string of the molecule is C/C(=N\OCC(=O)O)c1nc2ccccc2n(C2CC3CCCC(C2)N3CCC2CCC3CC2C3(C)C)c1=O.CO/N=C(\CCC(=O)O)c1nc2ccccc2n(C2CC3CCCC(C2)N3C2CCCCCCCC2)c1=O.CO/N=C(\CCC(=O)O)c1nc2ccccc2n(C2CC3CCCC(C2)N3C2CCCCCCCCC2)c1=O. The van der Waals surface area contributed by atoms with E-state index in [1.807, 2.05) is 86.5 Å². The molecule has 628 valence electrons. The number of hydrogen-bond acceptors (Lipinski definition) is 18. The fourth-order valence-corrected chi connectivity index (χ4v) is 23.5. The van der Waals surface area contributed by atoms with E-state index in [9.17, 15) is 39.0 Å². The van der Waals surface area contributed by atoms with Crippen molar-refractivity contribution in [3.05, 3.63) is 121 Å². The second kappa shape index (κ2) is 39.1. The highest BCUT2D eigenvalue weighted by molar-refractivity contribution is 6.02. The van der Waals surface area contributed by atoms with Crippen molar-refractivity contribution in [2.75, 3.05) is 27.4 Å². The minimum absolute atomic E-state index is 0.0819. The van der Waals surface area contributed by atoms with Gasteiger partial charge in [-0.05, 0) is 201 Å². The molecule has 0 radical (unpaired) electrons. The van der Waals surface area contributed by atoms with Crippen molar-refractivity contribution >= 4 is 68.1 Å². The maximum absolute atomic E-state index is 14.1. The van der Waals surface area contributed by atoms with E-state index in [-0.39, 0.29) is 77.6 Å². The van der Waals surface area contributed by atoms with E-state index in [0.717, 1.165) is 89.4 Å². The van der Waals surface area contributed by atoms with Gasteiger partial charge in [0.15, 0.2) is 17.1 Å². The zero-order valence-electron chi connectivity index (χ0n) is 69.6. The molecule has 0 amide bonds. The van der Waals surface area contributed by atoms with E-state index < -0.39 is 24.5 Å². The van der Waals surface area contributed by atoms with Crippen LogP contribution in [0.4, 0.5) is 0 Å². The zero-order valence-corrected chi connectivity index (χ0v) is 69.6. The molecule has 8 bridgehead atoms. The topological polar surface area (TPSA) is 291 Å². The van der Waals surface area contributed by atoms with Gasteiger partial charge in [0.25, 0.3) is 16.7 Å². The van der Waals surface area contributed by atoms with Crippen LogP contribution in [0.15, 0.2) is 103 Å². The van der Waals surface area contributed by atoms with Crippen LogP contribution in [-0.2, 0) is 28.9 Å². The van der Waals surface area contributed by atoms with Crippen molar-refractivity contribution in [3.8, 4) is 0 Å². The summed E-state index contributed by atoms with van der Waals surface area (Å²) < 4.78 is 5.86. The number of carboxylic acids is 3. The molecule has 9 heterocycles. The van der Waals surface area contributed by atoms with Gasteiger partial charge in [0.05, 0.1) is 45.9 Å². The van der Waals surface area contributed by atoms with Crippen molar-refractivity contribution in [2.45, 2.75) is 344 Å². The number of nitrogens with zero attached hydrogens (tertiary/aromatic N) is 12. The van der Waals surface area contributed by atoms with Crippen LogP contribution in [0.1, 0.15) is 313 Å². The first-order valence-electron chi connectivity index (χ1n) is 44.7. The number of aromatic nitrogens is 6. The van der Waals surface area contributed by atoms with E-state index in [2.05, 4.69) is 59.0 Å². The number of carbonyl (C=O) groups is 3. The van der Waals surface area contributed by atoms with Gasteiger partial charge < -0.3 is 43.5 Å². The molecule has 17 rings (SSSR count). The van der Waals surface area contributed by atoms with Gasteiger partial charge in [-0.25, -0.2) is 19.7 Å². The summed E-state index contributed by atoms with van der Waals surface area (Å²) in [5.41, 5.74) is 6.24. The third-order valence-corrected chi connectivity index (χ3v) is 28.9. The molecule has 5 saturated carbocycles. The number of oxime groups is 3. The molecule has 11 aliphatic rings. The molecule has 3 N–H and O–H groups in total. The number of rotatable bonds is 22. The van der Waals surface area contributed by atoms with Crippen LogP contribution < -0.4 is 16.7 Å². The molecule has 0 spiro atoms. The number of hydrogen-bond donors (Lipinski definition) is 3. The normalized spacial score (nSPS) is 28.0. The molecule has 3 aromatic carbocycles. The molecule has 9 atom stereocenters. The highest BCUT2D eigenvalue weighted by Crippen LogP contribution is 2.62. The number of fused-ring (bicyclic) bond motifs is 11. The van der Waals surface area contributed by atoms with Gasteiger partial charge in [0.2, 0.25) is 6.61 Å². The molecule has 24 heteroatoms. The second-order valence-electron chi connectivity index (χ2n) is 36.2. The Hall–Kier alpha value is -8.22. The Morgan fingerprint density at radius 3 is 1.14 bits per heavy atom. The third kappa shape index (κ3) is 19.2. The zero-order chi connectivity index (χ0) is 81.0. The molecular formula is C92H128N12O12. The number of para-hydroxylation sites is 6. The highest BCUT2D eigenvalue weighted by atomic mass is 16.6. The fourth-order valence-electron chi connectivity index (χ4n) is 23.5. The summed E-state index contributed by atoms with van der Waals surface area (Å²) in [5, 5.41) is 39.4. The molecule has 6 aromatic rings. The number of aliphatic carboxylic acids is 3. The molecule has 24 nitrogen and oxygen atoms in total.